The molecule has 0 aliphatic carbocycles. The molecule has 0 bridgehead atoms. The van der Waals surface area contributed by atoms with Crippen molar-refractivity contribution in [1.29, 1.82) is 0 Å². The smallest absolute Gasteiger partial charge is 0.309 e. The maximum absolute atomic E-state index is 13.5. The third-order valence-electron chi connectivity index (χ3n) is 5.12. The van der Waals surface area contributed by atoms with Gasteiger partial charge in [-0.25, -0.2) is 8.91 Å². The van der Waals surface area contributed by atoms with Gasteiger partial charge in [-0.2, -0.15) is 5.10 Å². The van der Waals surface area contributed by atoms with Crippen LogP contribution in [0.15, 0.2) is 48.7 Å². The SMILES string of the molecule is CC(C)c1c(C=CC2CC(O)CC(=O)O2)c(-c2ccc(F)cc2)nn2cccc12. The van der Waals surface area contributed by atoms with E-state index < -0.39 is 18.2 Å². The number of nitrogens with zero attached hydrogens (tertiary/aromatic N) is 2. The Balaban J connectivity index is 1.86. The lowest BCUT2D eigenvalue weighted by molar-refractivity contribution is -0.156. The number of esters is 1. The number of benzene rings is 1. The molecule has 5 nitrogen and oxygen atoms in total. The van der Waals surface area contributed by atoms with Crippen LogP contribution in [0.1, 0.15) is 43.7 Å². The van der Waals surface area contributed by atoms with Gasteiger partial charge in [0.15, 0.2) is 0 Å². The zero-order valence-corrected chi connectivity index (χ0v) is 16.4. The highest BCUT2D eigenvalue weighted by molar-refractivity contribution is 5.79. The van der Waals surface area contributed by atoms with Crippen molar-refractivity contribution in [3.8, 4) is 11.3 Å². The van der Waals surface area contributed by atoms with Crippen molar-refractivity contribution in [3.05, 3.63) is 65.6 Å². The zero-order chi connectivity index (χ0) is 20.5. The fourth-order valence-corrected chi connectivity index (χ4v) is 3.83. The monoisotopic (exact) mass is 394 g/mol. The highest BCUT2D eigenvalue weighted by Crippen LogP contribution is 2.33. The van der Waals surface area contributed by atoms with Gasteiger partial charge >= 0.3 is 5.97 Å². The molecule has 1 aromatic carbocycles. The highest BCUT2D eigenvalue weighted by Gasteiger charge is 2.26. The Morgan fingerprint density at radius 2 is 2.03 bits per heavy atom. The minimum Gasteiger partial charge on any atom is -0.458 e. The molecule has 2 atom stereocenters. The van der Waals surface area contributed by atoms with E-state index in [1.54, 1.807) is 18.2 Å². The quantitative estimate of drug-likeness (QED) is 0.669. The summed E-state index contributed by atoms with van der Waals surface area (Å²) in [5.74, 6) is -0.504. The van der Waals surface area contributed by atoms with Gasteiger partial charge in [-0.15, -0.1) is 0 Å². The number of halogens is 1. The molecule has 1 aliphatic rings. The first kappa shape index (κ1) is 19.3. The minimum absolute atomic E-state index is 0.0279. The van der Waals surface area contributed by atoms with Gasteiger partial charge in [0.2, 0.25) is 0 Å². The van der Waals surface area contributed by atoms with E-state index >= 15 is 0 Å². The van der Waals surface area contributed by atoms with Gasteiger partial charge in [-0.05, 0) is 54.0 Å². The highest BCUT2D eigenvalue weighted by atomic mass is 19.1. The van der Waals surface area contributed by atoms with Crippen LogP contribution >= 0.6 is 0 Å². The van der Waals surface area contributed by atoms with Gasteiger partial charge < -0.3 is 9.84 Å². The molecule has 29 heavy (non-hydrogen) atoms. The van der Waals surface area contributed by atoms with Gasteiger partial charge in [-0.3, -0.25) is 4.79 Å². The van der Waals surface area contributed by atoms with Crippen molar-refractivity contribution in [3.63, 3.8) is 0 Å². The maximum Gasteiger partial charge on any atom is 0.309 e. The number of aliphatic hydroxyl groups is 1. The number of ether oxygens (including phenoxy) is 1. The van der Waals surface area contributed by atoms with Gasteiger partial charge in [-0.1, -0.05) is 19.9 Å². The first-order chi connectivity index (χ1) is 13.9. The number of hydrogen-bond donors (Lipinski definition) is 1. The van der Waals surface area contributed by atoms with Crippen LogP contribution in [0.3, 0.4) is 0 Å². The fraction of sp³-hybridized carbons (Fsp3) is 0.304. The molecular formula is C23H23FN2O3. The van der Waals surface area contributed by atoms with Crippen molar-refractivity contribution in [2.75, 3.05) is 0 Å². The van der Waals surface area contributed by atoms with Crippen molar-refractivity contribution in [2.45, 2.75) is 44.8 Å². The van der Waals surface area contributed by atoms with Crippen LogP contribution in [0.2, 0.25) is 0 Å². The van der Waals surface area contributed by atoms with Crippen molar-refractivity contribution < 1.29 is 19.0 Å². The Hall–Kier alpha value is -2.99. The van der Waals surface area contributed by atoms with Gasteiger partial charge in [0.25, 0.3) is 0 Å². The number of carbonyl (C=O) groups excluding carboxylic acids is 1. The Morgan fingerprint density at radius 3 is 2.72 bits per heavy atom. The van der Waals surface area contributed by atoms with E-state index in [9.17, 15) is 14.3 Å². The van der Waals surface area contributed by atoms with E-state index in [-0.39, 0.29) is 18.2 Å². The predicted molar refractivity (Wildman–Crippen MR) is 109 cm³/mol. The standard InChI is InChI=1S/C23H23FN2O3/c1-14(2)22-19(10-9-18-12-17(27)13-21(28)29-18)23(15-5-7-16(24)8-6-15)25-26-11-3-4-20(22)26/h3-11,14,17-18,27H,12-13H2,1-2H3. The number of fused-ring (bicyclic) bond motifs is 1. The second-order valence-corrected chi connectivity index (χ2v) is 7.66. The Labute approximate surface area is 168 Å². The van der Waals surface area contributed by atoms with E-state index in [0.717, 1.165) is 27.9 Å². The third-order valence-corrected chi connectivity index (χ3v) is 5.12. The molecule has 2 unspecified atom stereocenters. The van der Waals surface area contributed by atoms with E-state index in [1.165, 1.54) is 12.1 Å². The van der Waals surface area contributed by atoms with E-state index in [1.807, 2.05) is 28.9 Å². The third kappa shape index (κ3) is 3.93. The Bertz CT molecular complexity index is 1070. The molecule has 3 aromatic rings. The zero-order valence-electron chi connectivity index (χ0n) is 16.4. The molecule has 0 amide bonds. The second-order valence-electron chi connectivity index (χ2n) is 7.66. The van der Waals surface area contributed by atoms with Crippen LogP contribution in [0.4, 0.5) is 4.39 Å². The molecule has 0 saturated carbocycles. The Morgan fingerprint density at radius 1 is 1.28 bits per heavy atom. The summed E-state index contributed by atoms with van der Waals surface area (Å²) in [6, 6.07) is 10.2. The number of cyclic esters (lactones) is 1. The molecule has 1 aliphatic heterocycles. The summed E-state index contributed by atoms with van der Waals surface area (Å²) in [7, 11) is 0. The summed E-state index contributed by atoms with van der Waals surface area (Å²) in [5, 5.41) is 14.6. The molecule has 4 rings (SSSR count). The van der Waals surface area contributed by atoms with Crippen molar-refractivity contribution in [1.82, 2.24) is 9.61 Å². The summed E-state index contributed by atoms with van der Waals surface area (Å²) >= 11 is 0. The van der Waals surface area contributed by atoms with Crippen LogP contribution in [0.5, 0.6) is 0 Å². The lowest BCUT2D eigenvalue weighted by atomic mass is 9.92. The summed E-state index contributed by atoms with van der Waals surface area (Å²) < 4.78 is 20.6. The molecule has 3 heterocycles. The predicted octanol–water partition coefficient (Wildman–Crippen LogP) is 4.34. The normalized spacial score (nSPS) is 20.0. The van der Waals surface area contributed by atoms with Crippen LogP contribution < -0.4 is 0 Å². The first-order valence-corrected chi connectivity index (χ1v) is 9.75. The lowest BCUT2D eigenvalue weighted by Crippen LogP contribution is -2.31. The van der Waals surface area contributed by atoms with Gasteiger partial charge in [0, 0.05) is 23.7 Å². The number of hydrogen-bond acceptors (Lipinski definition) is 4. The molecule has 6 heteroatoms. The number of rotatable bonds is 4. The molecule has 1 saturated heterocycles. The molecular weight excluding hydrogens is 371 g/mol. The van der Waals surface area contributed by atoms with E-state index in [0.29, 0.717) is 6.42 Å². The minimum atomic E-state index is -0.696. The van der Waals surface area contributed by atoms with Gasteiger partial charge in [0.05, 0.1) is 23.7 Å². The molecule has 2 aromatic heterocycles. The molecule has 1 N–H and O–H groups in total. The first-order valence-electron chi connectivity index (χ1n) is 9.75. The topological polar surface area (TPSA) is 63.8 Å². The summed E-state index contributed by atoms with van der Waals surface area (Å²) in [6.07, 6.45) is 4.81. The van der Waals surface area contributed by atoms with E-state index in [2.05, 4.69) is 13.8 Å². The lowest BCUT2D eigenvalue weighted by Gasteiger charge is -2.24. The second kappa shape index (κ2) is 7.79. The molecule has 1 fully saturated rings. The average molecular weight is 394 g/mol. The van der Waals surface area contributed by atoms with Crippen LogP contribution in [0, 0.1) is 5.82 Å². The largest absolute Gasteiger partial charge is 0.458 e. The van der Waals surface area contributed by atoms with Crippen molar-refractivity contribution in [2.24, 2.45) is 0 Å². The van der Waals surface area contributed by atoms with Crippen LogP contribution in [-0.2, 0) is 9.53 Å². The molecule has 150 valence electrons. The van der Waals surface area contributed by atoms with Crippen LogP contribution in [0.25, 0.3) is 22.9 Å². The fourth-order valence-electron chi connectivity index (χ4n) is 3.83. The molecule has 0 radical (unpaired) electrons. The molecule has 0 spiro atoms. The number of carbonyl (C=O) groups is 1. The Kier molecular flexibility index (Phi) is 5.20. The van der Waals surface area contributed by atoms with E-state index in [4.69, 9.17) is 9.84 Å². The summed E-state index contributed by atoms with van der Waals surface area (Å²) in [5.41, 5.74) is 4.50. The van der Waals surface area contributed by atoms with Gasteiger partial charge in [0.1, 0.15) is 11.9 Å². The van der Waals surface area contributed by atoms with Crippen molar-refractivity contribution >= 4 is 17.6 Å². The average Bonchev–Trinajstić information content (AvgIpc) is 3.13. The number of aliphatic hydroxyl groups excluding tert-OH is 1. The maximum atomic E-state index is 13.5. The summed E-state index contributed by atoms with van der Waals surface area (Å²) in [4.78, 5) is 11.7. The number of aromatic nitrogens is 2. The van der Waals surface area contributed by atoms with Crippen LogP contribution in [-0.4, -0.2) is 32.9 Å². The summed E-state index contributed by atoms with van der Waals surface area (Å²) in [6.45, 7) is 4.22.